The molecule has 1 heterocycles. The Bertz CT molecular complexity index is 780. The molecular formula is C18H26F3N3O3S. The van der Waals surface area contributed by atoms with Gasteiger partial charge in [-0.1, -0.05) is 13.8 Å². The number of anilines is 1. The summed E-state index contributed by atoms with van der Waals surface area (Å²) in [6.45, 7) is 3.86. The molecule has 1 aliphatic rings. The number of rotatable bonds is 6. The minimum Gasteiger partial charge on any atom is -0.325 e. The van der Waals surface area contributed by atoms with Crippen molar-refractivity contribution in [2.75, 3.05) is 44.3 Å². The summed E-state index contributed by atoms with van der Waals surface area (Å²) in [6.07, 6.45) is -3.13. The lowest BCUT2D eigenvalue weighted by Gasteiger charge is -2.43. The van der Waals surface area contributed by atoms with Gasteiger partial charge in [-0.15, -0.1) is 0 Å². The summed E-state index contributed by atoms with van der Waals surface area (Å²) in [5.41, 5.74) is 0.467. The van der Waals surface area contributed by atoms with Crippen LogP contribution in [-0.2, 0) is 14.6 Å². The quantitative estimate of drug-likeness (QED) is 0.763. The molecule has 158 valence electrons. The lowest BCUT2D eigenvalue weighted by atomic mass is 9.99. The van der Waals surface area contributed by atoms with Crippen molar-refractivity contribution in [1.29, 1.82) is 0 Å². The van der Waals surface area contributed by atoms with Gasteiger partial charge in [-0.05, 0) is 30.2 Å². The van der Waals surface area contributed by atoms with Crippen LogP contribution in [0, 0.1) is 5.92 Å². The Labute approximate surface area is 163 Å². The molecule has 1 fully saturated rings. The fourth-order valence-electron chi connectivity index (χ4n) is 3.30. The molecule has 1 aromatic rings. The van der Waals surface area contributed by atoms with Gasteiger partial charge in [0.2, 0.25) is 5.91 Å². The molecule has 0 aliphatic carbocycles. The summed E-state index contributed by atoms with van der Waals surface area (Å²) in [5, 5.41) is 2.71. The molecule has 2 rings (SSSR count). The summed E-state index contributed by atoms with van der Waals surface area (Å²) >= 11 is 0. The number of nitrogens with zero attached hydrogens (tertiary/aromatic N) is 2. The van der Waals surface area contributed by atoms with Crippen molar-refractivity contribution in [3.05, 3.63) is 24.3 Å². The number of halogens is 3. The van der Waals surface area contributed by atoms with Crippen LogP contribution in [0.4, 0.5) is 18.9 Å². The number of hydrogen-bond acceptors (Lipinski definition) is 5. The average Bonchev–Trinajstić information content (AvgIpc) is 2.54. The lowest BCUT2D eigenvalue weighted by molar-refractivity contribution is -0.153. The summed E-state index contributed by atoms with van der Waals surface area (Å²) in [5.74, 6) is -0.195. The molecule has 1 N–H and O–H groups in total. The lowest BCUT2D eigenvalue weighted by Crippen LogP contribution is -2.58. The van der Waals surface area contributed by atoms with Crippen molar-refractivity contribution in [3.8, 4) is 0 Å². The van der Waals surface area contributed by atoms with Crippen molar-refractivity contribution < 1.29 is 26.4 Å². The third kappa shape index (κ3) is 6.75. The first-order valence-electron chi connectivity index (χ1n) is 8.98. The molecule has 28 heavy (non-hydrogen) atoms. The Hall–Kier alpha value is -1.65. The van der Waals surface area contributed by atoms with Gasteiger partial charge in [0.15, 0.2) is 9.84 Å². The first-order valence-corrected chi connectivity index (χ1v) is 10.9. The van der Waals surface area contributed by atoms with E-state index in [9.17, 15) is 26.4 Å². The van der Waals surface area contributed by atoms with Gasteiger partial charge in [-0.3, -0.25) is 14.6 Å². The van der Waals surface area contributed by atoms with E-state index in [1.807, 2.05) is 18.7 Å². The minimum atomic E-state index is -4.24. The predicted molar refractivity (Wildman–Crippen MR) is 101 cm³/mol. The van der Waals surface area contributed by atoms with Crippen LogP contribution in [0.3, 0.4) is 0 Å². The second-order valence-corrected chi connectivity index (χ2v) is 9.49. The van der Waals surface area contributed by atoms with Crippen molar-refractivity contribution in [2.45, 2.75) is 31.0 Å². The number of alkyl halides is 3. The zero-order chi connectivity index (χ0) is 21.1. The molecule has 0 aromatic heterocycles. The van der Waals surface area contributed by atoms with Crippen molar-refractivity contribution in [2.24, 2.45) is 5.92 Å². The Kier molecular flexibility index (Phi) is 7.11. The Morgan fingerprint density at radius 1 is 1.21 bits per heavy atom. The van der Waals surface area contributed by atoms with Gasteiger partial charge in [-0.25, -0.2) is 8.42 Å². The molecule has 0 saturated carbocycles. The molecule has 0 radical (unpaired) electrons. The molecule has 1 amide bonds. The summed E-state index contributed by atoms with van der Waals surface area (Å²) < 4.78 is 60.9. The topological polar surface area (TPSA) is 69.7 Å². The zero-order valence-corrected chi connectivity index (χ0v) is 17.0. The number of piperazine rings is 1. The minimum absolute atomic E-state index is 0.0660. The first kappa shape index (κ1) is 22.6. The van der Waals surface area contributed by atoms with E-state index in [0.29, 0.717) is 12.2 Å². The maximum Gasteiger partial charge on any atom is 0.401 e. The highest BCUT2D eigenvalue weighted by atomic mass is 32.2. The molecular weight excluding hydrogens is 395 g/mol. The van der Waals surface area contributed by atoms with E-state index in [0.717, 1.165) is 6.26 Å². The van der Waals surface area contributed by atoms with Crippen LogP contribution in [-0.4, -0.2) is 75.3 Å². The highest BCUT2D eigenvalue weighted by molar-refractivity contribution is 7.90. The van der Waals surface area contributed by atoms with Gasteiger partial charge in [0.25, 0.3) is 0 Å². The van der Waals surface area contributed by atoms with Crippen LogP contribution < -0.4 is 5.32 Å². The van der Waals surface area contributed by atoms with Crippen LogP contribution in [0.15, 0.2) is 29.2 Å². The number of hydrogen-bond donors (Lipinski definition) is 1. The van der Waals surface area contributed by atoms with Crippen LogP contribution >= 0.6 is 0 Å². The Morgan fingerprint density at radius 3 is 2.32 bits per heavy atom. The van der Waals surface area contributed by atoms with E-state index in [2.05, 4.69) is 5.32 Å². The highest BCUT2D eigenvalue weighted by Crippen LogP contribution is 2.22. The molecule has 0 bridgehead atoms. The standard InChI is InChI=1S/C18H26F3N3O3S/c1-13(2)16-10-23(12-18(19,20)21)8-9-24(16)11-17(25)22-14-4-6-15(7-5-14)28(3,26)27/h4-7,13,16H,8-12H2,1-3H3,(H,22,25)/t16-/m1/s1. The second kappa shape index (κ2) is 8.79. The molecule has 0 unspecified atom stereocenters. The van der Waals surface area contributed by atoms with E-state index >= 15 is 0 Å². The first-order chi connectivity index (χ1) is 12.8. The molecule has 1 saturated heterocycles. The van der Waals surface area contributed by atoms with Crippen LogP contribution in [0.1, 0.15) is 13.8 Å². The van der Waals surface area contributed by atoms with E-state index in [1.54, 1.807) is 0 Å². The summed E-state index contributed by atoms with van der Waals surface area (Å²) in [6, 6.07) is 5.69. The van der Waals surface area contributed by atoms with Crippen molar-refractivity contribution >= 4 is 21.4 Å². The van der Waals surface area contributed by atoms with Gasteiger partial charge in [0, 0.05) is 37.6 Å². The molecule has 0 spiro atoms. The van der Waals surface area contributed by atoms with Crippen LogP contribution in [0.2, 0.25) is 0 Å². The number of amides is 1. The number of nitrogens with one attached hydrogen (secondary N) is 1. The highest BCUT2D eigenvalue weighted by Gasteiger charge is 2.36. The van der Waals surface area contributed by atoms with E-state index in [-0.39, 0.29) is 42.4 Å². The van der Waals surface area contributed by atoms with Gasteiger partial charge >= 0.3 is 6.18 Å². The maximum absolute atomic E-state index is 12.7. The van der Waals surface area contributed by atoms with E-state index < -0.39 is 22.6 Å². The van der Waals surface area contributed by atoms with Crippen LogP contribution in [0.25, 0.3) is 0 Å². The fourth-order valence-corrected chi connectivity index (χ4v) is 3.93. The second-order valence-electron chi connectivity index (χ2n) is 7.48. The number of carbonyl (C=O) groups excluding carboxylic acids is 1. The Balaban J connectivity index is 1.96. The molecule has 1 aliphatic heterocycles. The monoisotopic (exact) mass is 421 g/mol. The molecule has 6 nitrogen and oxygen atoms in total. The zero-order valence-electron chi connectivity index (χ0n) is 16.2. The van der Waals surface area contributed by atoms with Gasteiger partial charge in [0.05, 0.1) is 18.0 Å². The molecule has 1 aromatic carbocycles. The third-order valence-corrected chi connectivity index (χ3v) is 5.83. The third-order valence-electron chi connectivity index (χ3n) is 4.70. The van der Waals surface area contributed by atoms with E-state index in [4.69, 9.17) is 0 Å². The van der Waals surface area contributed by atoms with Gasteiger partial charge in [0.1, 0.15) is 0 Å². The van der Waals surface area contributed by atoms with Crippen molar-refractivity contribution in [1.82, 2.24) is 9.80 Å². The van der Waals surface area contributed by atoms with Gasteiger partial charge in [-0.2, -0.15) is 13.2 Å². The Morgan fingerprint density at radius 2 is 1.82 bits per heavy atom. The average molecular weight is 421 g/mol. The van der Waals surface area contributed by atoms with E-state index in [1.165, 1.54) is 29.2 Å². The summed E-state index contributed by atoms with van der Waals surface area (Å²) in [4.78, 5) is 15.8. The maximum atomic E-state index is 12.7. The van der Waals surface area contributed by atoms with Gasteiger partial charge < -0.3 is 5.32 Å². The van der Waals surface area contributed by atoms with Crippen LogP contribution in [0.5, 0.6) is 0 Å². The smallest absolute Gasteiger partial charge is 0.325 e. The molecule has 1 atom stereocenters. The predicted octanol–water partition coefficient (Wildman–Crippen LogP) is 2.23. The normalized spacial score (nSPS) is 19.8. The number of sulfone groups is 1. The summed E-state index contributed by atoms with van der Waals surface area (Å²) in [7, 11) is -3.31. The largest absolute Gasteiger partial charge is 0.401 e. The van der Waals surface area contributed by atoms with Crippen molar-refractivity contribution in [3.63, 3.8) is 0 Å². The fraction of sp³-hybridized carbons (Fsp3) is 0.611. The number of benzene rings is 1. The number of carbonyl (C=O) groups is 1. The SMILES string of the molecule is CC(C)[C@H]1CN(CC(F)(F)F)CCN1CC(=O)Nc1ccc(S(C)(=O)=O)cc1. The molecule has 10 heteroatoms.